The quantitative estimate of drug-likeness (QED) is 0.668. The molecule has 1 aromatic rings. The number of carbonyl (C=O) groups excluding carboxylic acids is 2. The zero-order chi connectivity index (χ0) is 22.6. The summed E-state index contributed by atoms with van der Waals surface area (Å²) in [5, 5.41) is 0. The van der Waals surface area contributed by atoms with Gasteiger partial charge in [0.15, 0.2) is 11.5 Å². The topological polar surface area (TPSA) is 77.5 Å². The van der Waals surface area contributed by atoms with Gasteiger partial charge in [-0.2, -0.15) is 0 Å². The molecule has 3 aliphatic heterocycles. The first-order valence-corrected chi connectivity index (χ1v) is 11.6. The van der Waals surface area contributed by atoms with Crippen molar-refractivity contribution in [2.75, 3.05) is 53.6 Å². The van der Waals surface area contributed by atoms with Crippen LogP contribution in [0.5, 0.6) is 11.5 Å². The molecule has 0 bridgehead atoms. The van der Waals surface area contributed by atoms with Gasteiger partial charge in [0.1, 0.15) is 6.61 Å². The van der Waals surface area contributed by atoms with Crippen LogP contribution in [0, 0.1) is 0 Å². The number of hydrogen-bond donors (Lipinski definition) is 0. The molecule has 3 heterocycles. The average molecular weight is 447 g/mol. The van der Waals surface area contributed by atoms with Gasteiger partial charge in [0, 0.05) is 39.2 Å². The van der Waals surface area contributed by atoms with Gasteiger partial charge in [-0.05, 0) is 44.2 Å². The molecule has 3 aliphatic rings. The molecule has 0 radical (unpaired) electrons. The molecule has 8 nitrogen and oxygen atoms in total. The highest BCUT2D eigenvalue weighted by atomic mass is 16.5. The predicted octanol–water partition coefficient (Wildman–Crippen LogP) is 2.50. The van der Waals surface area contributed by atoms with E-state index in [0.29, 0.717) is 36.8 Å². The van der Waals surface area contributed by atoms with Gasteiger partial charge < -0.3 is 28.7 Å². The number of nitrogens with zero attached hydrogens (tertiary/aromatic N) is 2. The third kappa shape index (κ3) is 4.86. The average Bonchev–Trinajstić information content (AvgIpc) is 3.37. The summed E-state index contributed by atoms with van der Waals surface area (Å²) in [6.07, 6.45) is 5.28. The number of methoxy groups -OCH3 is 2. The first kappa shape index (κ1) is 22.9. The lowest BCUT2D eigenvalue weighted by Crippen LogP contribution is -2.52. The van der Waals surface area contributed by atoms with E-state index in [2.05, 4.69) is 0 Å². The lowest BCUT2D eigenvalue weighted by atomic mass is 9.83. The van der Waals surface area contributed by atoms with Crippen molar-refractivity contribution in [1.29, 1.82) is 0 Å². The number of carbonyl (C=O) groups is 2. The molecule has 32 heavy (non-hydrogen) atoms. The van der Waals surface area contributed by atoms with Gasteiger partial charge in [-0.15, -0.1) is 0 Å². The van der Waals surface area contributed by atoms with E-state index in [-0.39, 0.29) is 30.1 Å². The SMILES string of the molecule is COc1cccc(C(=O)N2CCC3(CC2)CC(OCC(=O)N2CCCC2)CCO3)c1OC. The van der Waals surface area contributed by atoms with E-state index in [9.17, 15) is 9.59 Å². The summed E-state index contributed by atoms with van der Waals surface area (Å²) in [4.78, 5) is 29.2. The Bertz CT molecular complexity index is 815. The van der Waals surface area contributed by atoms with Crippen LogP contribution in [-0.2, 0) is 14.3 Å². The Morgan fingerprint density at radius 2 is 1.81 bits per heavy atom. The fourth-order valence-electron chi connectivity index (χ4n) is 5.06. The number of amides is 2. The van der Waals surface area contributed by atoms with Crippen LogP contribution >= 0.6 is 0 Å². The van der Waals surface area contributed by atoms with Crippen molar-refractivity contribution in [3.63, 3.8) is 0 Å². The number of piperidine rings is 1. The molecule has 4 rings (SSSR count). The molecule has 1 atom stereocenters. The van der Waals surface area contributed by atoms with E-state index < -0.39 is 0 Å². The molecule has 8 heteroatoms. The van der Waals surface area contributed by atoms with Crippen molar-refractivity contribution in [2.24, 2.45) is 0 Å². The Morgan fingerprint density at radius 3 is 2.50 bits per heavy atom. The molecule has 0 aromatic heterocycles. The normalized spacial score (nSPS) is 22.8. The summed E-state index contributed by atoms with van der Waals surface area (Å²) in [6, 6.07) is 5.35. The number of rotatable bonds is 6. The molecule has 2 amide bonds. The standard InChI is InChI=1S/C24H34N2O6/c1-29-20-7-5-6-19(22(20)30-2)23(28)26-13-9-24(10-14-26)16-18(8-15-32-24)31-17-21(27)25-11-3-4-12-25/h5-7,18H,3-4,8-17H2,1-2H3. The maximum Gasteiger partial charge on any atom is 0.257 e. The second-order valence-corrected chi connectivity index (χ2v) is 8.88. The van der Waals surface area contributed by atoms with Crippen molar-refractivity contribution < 1.29 is 28.5 Å². The second-order valence-electron chi connectivity index (χ2n) is 8.88. The highest BCUT2D eigenvalue weighted by Gasteiger charge is 2.42. The van der Waals surface area contributed by atoms with Gasteiger partial charge in [0.05, 0.1) is 31.5 Å². The van der Waals surface area contributed by atoms with Crippen LogP contribution in [0.15, 0.2) is 18.2 Å². The lowest BCUT2D eigenvalue weighted by molar-refractivity contribution is -0.161. The van der Waals surface area contributed by atoms with Gasteiger partial charge in [0.25, 0.3) is 5.91 Å². The number of hydrogen-bond acceptors (Lipinski definition) is 6. The minimum absolute atomic E-state index is 0.0241. The largest absolute Gasteiger partial charge is 0.493 e. The minimum atomic E-state index is -0.283. The van der Waals surface area contributed by atoms with Crippen LogP contribution in [0.2, 0.25) is 0 Å². The van der Waals surface area contributed by atoms with Gasteiger partial charge in [-0.1, -0.05) is 6.07 Å². The number of para-hydroxylation sites is 1. The molecule has 176 valence electrons. The lowest BCUT2D eigenvalue weighted by Gasteiger charge is -2.46. The summed E-state index contributed by atoms with van der Waals surface area (Å²) >= 11 is 0. The summed E-state index contributed by atoms with van der Waals surface area (Å²) in [5.74, 6) is 1.04. The van der Waals surface area contributed by atoms with Crippen molar-refractivity contribution in [1.82, 2.24) is 9.80 Å². The number of benzene rings is 1. The number of likely N-dealkylation sites (tertiary alicyclic amines) is 2. The zero-order valence-corrected chi connectivity index (χ0v) is 19.1. The maximum absolute atomic E-state index is 13.2. The van der Waals surface area contributed by atoms with Crippen LogP contribution in [0.4, 0.5) is 0 Å². The monoisotopic (exact) mass is 446 g/mol. The molecular formula is C24H34N2O6. The third-order valence-electron chi connectivity index (χ3n) is 6.94. The van der Waals surface area contributed by atoms with Crippen LogP contribution in [-0.4, -0.2) is 86.9 Å². The molecule has 3 saturated heterocycles. The Hall–Kier alpha value is -2.32. The Labute approximate surface area is 189 Å². The van der Waals surface area contributed by atoms with E-state index in [0.717, 1.165) is 51.6 Å². The van der Waals surface area contributed by atoms with E-state index in [1.807, 2.05) is 9.80 Å². The molecule has 0 saturated carbocycles. The molecule has 1 unspecified atom stereocenters. The van der Waals surface area contributed by atoms with E-state index in [4.69, 9.17) is 18.9 Å². The van der Waals surface area contributed by atoms with Crippen molar-refractivity contribution >= 4 is 11.8 Å². The highest BCUT2D eigenvalue weighted by Crippen LogP contribution is 2.38. The molecule has 0 aliphatic carbocycles. The predicted molar refractivity (Wildman–Crippen MR) is 118 cm³/mol. The fraction of sp³-hybridized carbons (Fsp3) is 0.667. The van der Waals surface area contributed by atoms with Crippen molar-refractivity contribution in [3.05, 3.63) is 23.8 Å². The molecule has 1 spiro atoms. The van der Waals surface area contributed by atoms with Crippen molar-refractivity contribution in [2.45, 2.75) is 50.2 Å². The second kappa shape index (κ2) is 10.1. The van der Waals surface area contributed by atoms with E-state index >= 15 is 0 Å². The van der Waals surface area contributed by atoms with E-state index in [1.165, 1.54) is 0 Å². The molecule has 1 aromatic carbocycles. The fourth-order valence-corrected chi connectivity index (χ4v) is 5.06. The van der Waals surface area contributed by atoms with Crippen LogP contribution in [0.1, 0.15) is 48.9 Å². The maximum atomic E-state index is 13.2. The first-order valence-electron chi connectivity index (χ1n) is 11.6. The van der Waals surface area contributed by atoms with Gasteiger partial charge in [0.2, 0.25) is 5.91 Å². The third-order valence-corrected chi connectivity index (χ3v) is 6.94. The summed E-state index contributed by atoms with van der Waals surface area (Å²) < 4.78 is 23.0. The Morgan fingerprint density at radius 1 is 1.06 bits per heavy atom. The van der Waals surface area contributed by atoms with Crippen molar-refractivity contribution in [3.8, 4) is 11.5 Å². The molecule has 3 fully saturated rings. The Kier molecular flexibility index (Phi) is 7.20. The number of ether oxygens (including phenoxy) is 4. The summed E-state index contributed by atoms with van der Waals surface area (Å²) in [7, 11) is 3.11. The van der Waals surface area contributed by atoms with Gasteiger partial charge in [-0.3, -0.25) is 9.59 Å². The minimum Gasteiger partial charge on any atom is -0.493 e. The van der Waals surface area contributed by atoms with Gasteiger partial charge in [-0.25, -0.2) is 0 Å². The molecular weight excluding hydrogens is 412 g/mol. The van der Waals surface area contributed by atoms with E-state index in [1.54, 1.807) is 32.4 Å². The van der Waals surface area contributed by atoms with Crippen LogP contribution < -0.4 is 9.47 Å². The van der Waals surface area contributed by atoms with Gasteiger partial charge >= 0.3 is 0 Å². The van der Waals surface area contributed by atoms with Crippen LogP contribution in [0.3, 0.4) is 0 Å². The Balaban J connectivity index is 1.32. The zero-order valence-electron chi connectivity index (χ0n) is 19.1. The summed E-state index contributed by atoms with van der Waals surface area (Å²) in [6.45, 7) is 3.70. The highest BCUT2D eigenvalue weighted by molar-refractivity contribution is 5.98. The van der Waals surface area contributed by atoms with Crippen LogP contribution in [0.25, 0.3) is 0 Å². The first-order chi connectivity index (χ1) is 15.5. The molecule has 0 N–H and O–H groups in total. The summed E-state index contributed by atoms with van der Waals surface area (Å²) in [5.41, 5.74) is 0.225. The smallest absolute Gasteiger partial charge is 0.257 e.